The van der Waals surface area contributed by atoms with Gasteiger partial charge in [-0.3, -0.25) is 15.6 Å². The van der Waals surface area contributed by atoms with Gasteiger partial charge >= 0.3 is 6.09 Å². The Morgan fingerprint density at radius 3 is 2.62 bits per heavy atom. The van der Waals surface area contributed by atoms with Crippen LogP contribution in [0.2, 0.25) is 0 Å². The third kappa shape index (κ3) is 4.86. The van der Waals surface area contributed by atoms with Crippen molar-refractivity contribution in [2.75, 3.05) is 48.8 Å². The Morgan fingerprint density at radius 2 is 1.93 bits per heavy atom. The summed E-state index contributed by atoms with van der Waals surface area (Å²) in [5, 5.41) is 0. The maximum atomic E-state index is 12.3. The number of carbonyl (C=O) groups excluding carboxylic acids is 2. The maximum absolute atomic E-state index is 12.3. The van der Waals surface area contributed by atoms with Gasteiger partial charge in [0.15, 0.2) is 11.6 Å². The Kier molecular flexibility index (Phi) is 6.70. The number of rotatable bonds is 5. The number of hydrogen-bond donors (Lipinski definition) is 3. The Balaban J connectivity index is 1.64. The molecule has 0 atom stereocenters. The zero-order valence-corrected chi connectivity index (χ0v) is 17.5. The van der Waals surface area contributed by atoms with Gasteiger partial charge in [-0.15, -0.1) is 0 Å². The average Bonchev–Trinajstić information content (AvgIpc) is 2.73. The van der Waals surface area contributed by atoms with Crippen molar-refractivity contribution in [3.63, 3.8) is 0 Å². The van der Waals surface area contributed by atoms with E-state index in [1.54, 1.807) is 30.0 Å². The van der Waals surface area contributed by atoms with Crippen LogP contribution in [0.1, 0.15) is 17.3 Å². The molecule has 1 fully saturated rings. The predicted molar refractivity (Wildman–Crippen MR) is 112 cm³/mol. The van der Waals surface area contributed by atoms with Gasteiger partial charge in [-0.25, -0.2) is 14.8 Å². The molecule has 0 bridgehead atoms. The molecule has 0 saturated carbocycles. The number of anilines is 3. The normalized spacial score (nSPS) is 13.7. The molecule has 1 aliphatic heterocycles. The number of piperazine rings is 1. The first-order valence-corrected chi connectivity index (χ1v) is 9.88. The van der Waals surface area contributed by atoms with Gasteiger partial charge in [-0.05, 0) is 35.0 Å². The number of ether oxygens (including phenoxy) is 1. The molecule has 1 aromatic carbocycles. The van der Waals surface area contributed by atoms with E-state index in [0.29, 0.717) is 60.1 Å². The number of halogens is 1. The molecule has 3 rings (SSSR count). The van der Waals surface area contributed by atoms with E-state index in [2.05, 4.69) is 36.7 Å². The Hall–Kier alpha value is -3.08. The van der Waals surface area contributed by atoms with Gasteiger partial charge in [-0.1, -0.05) is 12.1 Å². The summed E-state index contributed by atoms with van der Waals surface area (Å²) in [7, 11) is 0. The van der Waals surface area contributed by atoms with Crippen LogP contribution in [0.25, 0.3) is 0 Å². The van der Waals surface area contributed by atoms with E-state index in [1.165, 1.54) is 6.33 Å². The number of aromatic nitrogens is 2. The molecule has 0 radical (unpaired) electrons. The minimum Gasteiger partial charge on any atom is -0.450 e. The molecule has 10 nitrogen and oxygen atoms in total. The van der Waals surface area contributed by atoms with Crippen LogP contribution in [0.15, 0.2) is 35.1 Å². The van der Waals surface area contributed by atoms with Crippen molar-refractivity contribution in [3.8, 4) is 0 Å². The van der Waals surface area contributed by atoms with Gasteiger partial charge in [0.05, 0.1) is 12.2 Å². The predicted octanol–water partition coefficient (Wildman–Crippen LogP) is 1.86. The highest BCUT2D eigenvalue weighted by Crippen LogP contribution is 2.26. The summed E-state index contributed by atoms with van der Waals surface area (Å²) < 4.78 is 5.71. The Bertz CT molecular complexity index is 888. The minimum absolute atomic E-state index is 0.295. The number of nitrogens with two attached hydrogens (primary N) is 1. The van der Waals surface area contributed by atoms with Crippen molar-refractivity contribution < 1.29 is 14.3 Å². The van der Waals surface area contributed by atoms with Crippen molar-refractivity contribution in [1.29, 1.82) is 0 Å². The summed E-state index contributed by atoms with van der Waals surface area (Å²) in [5.41, 5.74) is 12.3. The second-order valence-corrected chi connectivity index (χ2v) is 7.05. The monoisotopic (exact) mass is 463 g/mol. The molecule has 1 aromatic heterocycles. The second kappa shape index (κ2) is 9.41. The summed E-state index contributed by atoms with van der Waals surface area (Å²) >= 11 is 3.34. The minimum atomic E-state index is -0.333. The molecule has 1 saturated heterocycles. The number of hydrogen-bond acceptors (Lipinski definition) is 8. The van der Waals surface area contributed by atoms with Crippen molar-refractivity contribution in [3.05, 3.63) is 40.6 Å². The molecule has 154 valence electrons. The molecular weight excluding hydrogens is 442 g/mol. The van der Waals surface area contributed by atoms with E-state index >= 15 is 0 Å². The lowest BCUT2D eigenvalue weighted by Gasteiger charge is -2.35. The van der Waals surface area contributed by atoms with Crippen LogP contribution in [0.4, 0.5) is 22.1 Å². The lowest BCUT2D eigenvalue weighted by molar-refractivity contribution is 0.0961. The van der Waals surface area contributed by atoms with E-state index in [9.17, 15) is 9.59 Å². The smallest absolute Gasteiger partial charge is 0.409 e. The fourth-order valence-corrected chi connectivity index (χ4v) is 3.35. The van der Waals surface area contributed by atoms with E-state index in [1.807, 2.05) is 11.0 Å². The zero-order chi connectivity index (χ0) is 20.8. The third-order valence-corrected chi connectivity index (χ3v) is 5.07. The standard InChI is InChI=1S/C18H22BrN7O3/c1-2-29-18(28)26-9-7-25(8-10-26)16-14(20)15(21-11-22-16)23-24-17(27)12-5-3-4-6-13(12)19/h3-6,11H,2,7-10,20H2,1H3,(H,24,27)(H,21,22,23). The first-order valence-electron chi connectivity index (χ1n) is 9.09. The maximum Gasteiger partial charge on any atom is 0.409 e. The highest BCUT2D eigenvalue weighted by molar-refractivity contribution is 9.10. The van der Waals surface area contributed by atoms with Gasteiger partial charge in [0, 0.05) is 30.7 Å². The molecule has 1 aliphatic rings. The Labute approximate surface area is 176 Å². The fourth-order valence-electron chi connectivity index (χ4n) is 2.88. The van der Waals surface area contributed by atoms with E-state index in [-0.39, 0.29) is 12.0 Å². The molecule has 0 unspecified atom stereocenters. The number of nitrogens with zero attached hydrogens (tertiary/aromatic N) is 4. The summed E-state index contributed by atoms with van der Waals surface area (Å²) in [4.78, 5) is 36.2. The SMILES string of the molecule is CCOC(=O)N1CCN(c2ncnc(NNC(=O)c3ccccc3Br)c2N)CC1. The van der Waals surface area contributed by atoms with Gasteiger partial charge < -0.3 is 20.3 Å². The van der Waals surface area contributed by atoms with Gasteiger partial charge in [0.2, 0.25) is 0 Å². The van der Waals surface area contributed by atoms with E-state index < -0.39 is 0 Å². The highest BCUT2D eigenvalue weighted by Gasteiger charge is 2.24. The summed E-state index contributed by atoms with van der Waals surface area (Å²) in [5.74, 6) is 0.504. The molecule has 0 aliphatic carbocycles. The van der Waals surface area contributed by atoms with Gasteiger partial charge in [-0.2, -0.15) is 0 Å². The van der Waals surface area contributed by atoms with Crippen LogP contribution in [0.5, 0.6) is 0 Å². The van der Waals surface area contributed by atoms with Gasteiger partial charge in [0.1, 0.15) is 12.0 Å². The zero-order valence-electron chi connectivity index (χ0n) is 15.9. The number of amides is 2. The molecule has 29 heavy (non-hydrogen) atoms. The molecule has 0 spiro atoms. The molecule has 2 amide bonds. The first kappa shape index (κ1) is 20.6. The summed E-state index contributed by atoms with van der Waals surface area (Å²) in [6.07, 6.45) is 1.05. The molecule has 2 aromatic rings. The molecule has 4 N–H and O–H groups in total. The molecule has 2 heterocycles. The summed E-state index contributed by atoms with van der Waals surface area (Å²) in [6.45, 7) is 4.25. The number of carbonyl (C=O) groups is 2. The topological polar surface area (TPSA) is 126 Å². The quantitative estimate of drug-likeness (QED) is 0.573. The number of benzene rings is 1. The van der Waals surface area contributed by atoms with Crippen molar-refractivity contribution in [2.24, 2.45) is 0 Å². The number of nitrogens with one attached hydrogen (secondary N) is 2. The van der Waals surface area contributed by atoms with Crippen LogP contribution in [0.3, 0.4) is 0 Å². The van der Waals surface area contributed by atoms with Crippen molar-refractivity contribution in [2.45, 2.75) is 6.92 Å². The number of hydrazine groups is 1. The molecule has 11 heteroatoms. The van der Waals surface area contributed by atoms with Crippen LogP contribution in [0, 0.1) is 0 Å². The fraction of sp³-hybridized carbons (Fsp3) is 0.333. The summed E-state index contributed by atoms with van der Waals surface area (Å²) in [6, 6.07) is 7.07. The van der Waals surface area contributed by atoms with Gasteiger partial charge in [0.25, 0.3) is 5.91 Å². The van der Waals surface area contributed by atoms with Crippen molar-refractivity contribution in [1.82, 2.24) is 20.3 Å². The largest absolute Gasteiger partial charge is 0.450 e. The highest BCUT2D eigenvalue weighted by atomic mass is 79.9. The van der Waals surface area contributed by atoms with E-state index in [0.717, 1.165) is 0 Å². The van der Waals surface area contributed by atoms with Crippen LogP contribution < -0.4 is 21.5 Å². The van der Waals surface area contributed by atoms with Crippen LogP contribution >= 0.6 is 15.9 Å². The van der Waals surface area contributed by atoms with Crippen molar-refractivity contribution >= 4 is 45.3 Å². The Morgan fingerprint density at radius 1 is 1.21 bits per heavy atom. The average molecular weight is 464 g/mol. The van der Waals surface area contributed by atoms with E-state index in [4.69, 9.17) is 10.5 Å². The molecular formula is C18H22BrN7O3. The number of nitrogen functional groups attached to an aromatic ring is 1. The lowest BCUT2D eigenvalue weighted by atomic mass is 10.2. The third-order valence-electron chi connectivity index (χ3n) is 4.38. The first-order chi connectivity index (χ1) is 14.0. The lowest BCUT2D eigenvalue weighted by Crippen LogP contribution is -2.49. The van der Waals surface area contributed by atoms with Crippen LogP contribution in [-0.2, 0) is 4.74 Å². The van der Waals surface area contributed by atoms with Crippen LogP contribution in [-0.4, -0.2) is 59.7 Å². The second-order valence-electron chi connectivity index (χ2n) is 6.19.